The van der Waals surface area contributed by atoms with Crippen molar-refractivity contribution in [1.29, 1.82) is 0 Å². The zero-order chi connectivity index (χ0) is 13.6. The Labute approximate surface area is 109 Å². The Morgan fingerprint density at radius 2 is 2.17 bits per heavy atom. The fourth-order valence-electron chi connectivity index (χ4n) is 1.63. The highest BCUT2D eigenvalue weighted by Crippen LogP contribution is 2.42. The van der Waals surface area contributed by atoms with Crippen LogP contribution in [0.5, 0.6) is 0 Å². The maximum absolute atomic E-state index is 11.1. The zero-order valence-corrected chi connectivity index (χ0v) is 11.1. The first-order chi connectivity index (χ1) is 8.54. The number of benzene rings is 1. The lowest BCUT2D eigenvalue weighted by molar-refractivity contribution is -0.146. The van der Waals surface area contributed by atoms with Crippen LogP contribution in [-0.4, -0.2) is 18.1 Å². The number of rotatable bonds is 3. The minimum Gasteiger partial charge on any atom is -0.465 e. The highest BCUT2D eigenvalue weighted by Gasteiger charge is 2.56. The lowest BCUT2D eigenvalue weighted by Crippen LogP contribution is -2.36. The largest absolute Gasteiger partial charge is 0.465 e. The van der Waals surface area contributed by atoms with Crippen molar-refractivity contribution in [1.82, 2.24) is 0 Å². The average molecular weight is 247 g/mol. The van der Waals surface area contributed by atoms with Gasteiger partial charge in [-0.15, -0.1) is 6.58 Å². The van der Waals surface area contributed by atoms with E-state index in [1.165, 1.54) is 5.56 Å². The van der Waals surface area contributed by atoms with Crippen LogP contribution in [-0.2, 0) is 9.53 Å². The second-order valence-corrected chi connectivity index (χ2v) is 4.46. The molecular weight excluding hydrogens is 226 g/mol. The molecule has 18 heavy (non-hydrogen) atoms. The molecule has 0 radical (unpaired) electrons. The van der Waals surface area contributed by atoms with Gasteiger partial charge in [-0.2, -0.15) is 0 Å². The highest BCUT2D eigenvalue weighted by atomic mass is 16.5. The van der Waals surface area contributed by atoms with Crippen molar-refractivity contribution in [3.05, 3.63) is 48.6 Å². The summed E-state index contributed by atoms with van der Waals surface area (Å²) in [5.74, 6) is -0.188. The van der Waals surface area contributed by atoms with Crippen LogP contribution in [0.25, 0.3) is 0 Å². The molecule has 2 N–H and O–H groups in total. The molecule has 1 saturated carbocycles. The number of carbonyl (C=O) groups excluding carboxylic acids is 1. The van der Waals surface area contributed by atoms with E-state index in [0.29, 0.717) is 13.0 Å². The molecule has 0 spiro atoms. The molecule has 0 aromatic heterocycles. The molecule has 1 aliphatic rings. The molecule has 1 aromatic carbocycles. The van der Waals surface area contributed by atoms with Crippen molar-refractivity contribution in [2.75, 3.05) is 6.61 Å². The van der Waals surface area contributed by atoms with E-state index in [1.54, 1.807) is 13.0 Å². The van der Waals surface area contributed by atoms with Gasteiger partial charge < -0.3 is 10.5 Å². The monoisotopic (exact) mass is 247 g/mol. The van der Waals surface area contributed by atoms with Gasteiger partial charge in [0.25, 0.3) is 0 Å². The molecule has 3 nitrogen and oxygen atoms in total. The molecule has 3 heteroatoms. The summed E-state index contributed by atoms with van der Waals surface area (Å²) in [7, 11) is 0. The molecule has 1 aromatic rings. The van der Waals surface area contributed by atoms with E-state index in [0.717, 1.165) is 0 Å². The third-order valence-electron chi connectivity index (χ3n) is 2.94. The predicted octanol–water partition coefficient (Wildman–Crippen LogP) is 2.45. The number of ether oxygens (including phenoxy) is 1. The first kappa shape index (κ1) is 14.5. The van der Waals surface area contributed by atoms with E-state index in [4.69, 9.17) is 10.5 Å². The lowest BCUT2D eigenvalue weighted by atomic mass is 10.2. The van der Waals surface area contributed by atoms with E-state index in [-0.39, 0.29) is 11.9 Å². The Morgan fingerprint density at radius 3 is 2.50 bits per heavy atom. The molecule has 1 fully saturated rings. The van der Waals surface area contributed by atoms with Gasteiger partial charge in [-0.3, -0.25) is 4.79 Å². The fraction of sp³-hybridized carbons (Fsp3) is 0.400. The Kier molecular flexibility index (Phi) is 5.10. The van der Waals surface area contributed by atoms with Crippen LogP contribution in [0.4, 0.5) is 0 Å². The van der Waals surface area contributed by atoms with Crippen LogP contribution in [0, 0.1) is 12.8 Å². The number of hydrogen-bond donors (Lipinski definition) is 1. The van der Waals surface area contributed by atoms with Gasteiger partial charge in [0.1, 0.15) is 5.54 Å². The summed E-state index contributed by atoms with van der Waals surface area (Å²) in [6, 6.07) is 10.3. The molecule has 1 aliphatic carbocycles. The average Bonchev–Trinajstić information content (AvgIpc) is 3.04. The van der Waals surface area contributed by atoms with Gasteiger partial charge in [0, 0.05) is 5.92 Å². The Morgan fingerprint density at radius 1 is 1.56 bits per heavy atom. The Balaban J connectivity index is 0.000000199. The minimum absolute atomic E-state index is 0.113. The first-order valence-electron chi connectivity index (χ1n) is 6.15. The Hall–Kier alpha value is -1.61. The van der Waals surface area contributed by atoms with E-state index < -0.39 is 5.54 Å². The zero-order valence-electron chi connectivity index (χ0n) is 11.1. The molecular formula is C15H21NO2. The molecule has 0 bridgehead atoms. The van der Waals surface area contributed by atoms with Gasteiger partial charge in [0.05, 0.1) is 6.61 Å². The number of aryl methyl sites for hydroxylation is 1. The predicted molar refractivity (Wildman–Crippen MR) is 73.0 cm³/mol. The summed E-state index contributed by atoms with van der Waals surface area (Å²) in [5, 5.41) is 0. The second kappa shape index (κ2) is 6.36. The maximum Gasteiger partial charge on any atom is 0.326 e. The van der Waals surface area contributed by atoms with Crippen molar-refractivity contribution in [2.24, 2.45) is 11.7 Å². The number of esters is 1. The van der Waals surface area contributed by atoms with Crippen molar-refractivity contribution in [2.45, 2.75) is 25.8 Å². The van der Waals surface area contributed by atoms with Crippen molar-refractivity contribution in [3.63, 3.8) is 0 Å². The summed E-state index contributed by atoms with van der Waals surface area (Å²) in [5.41, 5.74) is 6.25. The first-order valence-corrected chi connectivity index (χ1v) is 6.15. The quantitative estimate of drug-likeness (QED) is 0.659. The van der Waals surface area contributed by atoms with E-state index >= 15 is 0 Å². The van der Waals surface area contributed by atoms with Crippen LogP contribution in [0.2, 0.25) is 0 Å². The summed E-state index contributed by atoms with van der Waals surface area (Å²) in [6.45, 7) is 7.82. The van der Waals surface area contributed by atoms with Gasteiger partial charge in [0.15, 0.2) is 0 Å². The van der Waals surface area contributed by atoms with Gasteiger partial charge in [-0.25, -0.2) is 0 Å². The van der Waals surface area contributed by atoms with E-state index in [2.05, 4.69) is 25.6 Å². The third-order valence-corrected chi connectivity index (χ3v) is 2.94. The lowest BCUT2D eigenvalue weighted by Gasteiger charge is -2.07. The van der Waals surface area contributed by atoms with Crippen LogP contribution < -0.4 is 5.73 Å². The number of carbonyl (C=O) groups is 1. The van der Waals surface area contributed by atoms with Crippen molar-refractivity contribution >= 4 is 5.97 Å². The van der Waals surface area contributed by atoms with Crippen molar-refractivity contribution in [3.8, 4) is 0 Å². The third kappa shape index (κ3) is 3.70. The normalized spacial score (nSPS) is 24.5. The number of hydrogen-bond acceptors (Lipinski definition) is 3. The topological polar surface area (TPSA) is 52.3 Å². The fourth-order valence-corrected chi connectivity index (χ4v) is 1.63. The van der Waals surface area contributed by atoms with E-state index in [1.807, 2.05) is 18.2 Å². The molecule has 0 amide bonds. The van der Waals surface area contributed by atoms with Gasteiger partial charge in [-0.1, -0.05) is 42.0 Å². The molecule has 0 aliphatic heterocycles. The van der Waals surface area contributed by atoms with Crippen LogP contribution in [0.1, 0.15) is 18.9 Å². The standard InChI is InChI=1S/C8H13NO2.C7H8/c1-3-6-5-8(6,9)7(10)11-4-2;1-7-5-3-2-4-6-7/h3,6H,1,4-5,9H2,2H3;2-6H,1H3/t6-,8-;/m0./s1. The number of nitrogens with two attached hydrogens (primary N) is 1. The molecule has 0 saturated heterocycles. The summed E-state index contributed by atoms with van der Waals surface area (Å²) in [4.78, 5) is 11.1. The van der Waals surface area contributed by atoms with Crippen LogP contribution >= 0.6 is 0 Å². The Bertz CT molecular complexity index is 402. The molecule has 2 rings (SSSR count). The van der Waals surface area contributed by atoms with Crippen LogP contribution in [0.3, 0.4) is 0 Å². The molecule has 0 heterocycles. The SMILES string of the molecule is C=C[C@H]1C[C@@]1(N)C(=O)OCC.Cc1ccccc1. The van der Waals surface area contributed by atoms with Gasteiger partial charge in [-0.05, 0) is 20.3 Å². The van der Waals surface area contributed by atoms with E-state index in [9.17, 15) is 4.79 Å². The highest BCUT2D eigenvalue weighted by molar-refractivity contribution is 5.85. The van der Waals surface area contributed by atoms with Gasteiger partial charge >= 0.3 is 5.97 Å². The second-order valence-electron chi connectivity index (χ2n) is 4.46. The van der Waals surface area contributed by atoms with Crippen molar-refractivity contribution < 1.29 is 9.53 Å². The molecule has 2 atom stereocenters. The summed E-state index contributed by atoms with van der Waals surface area (Å²) in [6.07, 6.45) is 2.38. The molecule has 0 unspecified atom stereocenters. The summed E-state index contributed by atoms with van der Waals surface area (Å²) >= 11 is 0. The van der Waals surface area contributed by atoms with Gasteiger partial charge in [0.2, 0.25) is 0 Å². The molecule has 98 valence electrons. The minimum atomic E-state index is -0.752. The smallest absolute Gasteiger partial charge is 0.326 e. The summed E-state index contributed by atoms with van der Waals surface area (Å²) < 4.78 is 4.79. The van der Waals surface area contributed by atoms with Crippen LogP contribution in [0.15, 0.2) is 43.0 Å². The maximum atomic E-state index is 11.1.